The molecule has 0 radical (unpaired) electrons. The van der Waals surface area contributed by atoms with E-state index >= 15 is 0 Å². The number of hydrogen-bond acceptors (Lipinski definition) is 3. The molecule has 0 amide bonds. The van der Waals surface area contributed by atoms with Crippen molar-refractivity contribution in [1.82, 2.24) is 19.6 Å². The highest BCUT2D eigenvalue weighted by atomic mass is 127. The number of guanidine groups is 1. The van der Waals surface area contributed by atoms with Crippen molar-refractivity contribution < 1.29 is 4.39 Å². The van der Waals surface area contributed by atoms with E-state index in [1.54, 1.807) is 30.5 Å². The lowest BCUT2D eigenvalue weighted by Crippen LogP contribution is -2.38. The van der Waals surface area contributed by atoms with Crippen molar-refractivity contribution in [3.63, 3.8) is 0 Å². The zero-order valence-corrected chi connectivity index (χ0v) is 16.6. The largest absolute Gasteiger partial charge is 0.351 e. The minimum absolute atomic E-state index is 0. The van der Waals surface area contributed by atoms with Gasteiger partial charge in [0, 0.05) is 38.4 Å². The standard InChI is InChI=1S/C16H18FN5S.HI/c1-18-15(21(2)10-12-3-5-13(17)6-4-12)19-9-14-11-22-7-8-23-16(22)20-14;/h3-8,11H,9-10H2,1-2H3,(H,18,19);1H. The van der Waals surface area contributed by atoms with E-state index in [9.17, 15) is 4.39 Å². The second-order valence-electron chi connectivity index (χ2n) is 5.21. The molecule has 0 bridgehead atoms. The summed E-state index contributed by atoms with van der Waals surface area (Å²) in [5.41, 5.74) is 1.99. The Morgan fingerprint density at radius 2 is 2.12 bits per heavy atom. The Morgan fingerprint density at radius 3 is 2.79 bits per heavy atom. The molecular weight excluding hydrogens is 440 g/mol. The van der Waals surface area contributed by atoms with Gasteiger partial charge in [0.15, 0.2) is 10.9 Å². The number of halogens is 2. The van der Waals surface area contributed by atoms with Crippen LogP contribution in [0.3, 0.4) is 0 Å². The Hall–Kier alpha value is -1.68. The zero-order chi connectivity index (χ0) is 16.2. The number of fused-ring (bicyclic) bond motifs is 1. The molecule has 3 aromatic rings. The highest BCUT2D eigenvalue weighted by Crippen LogP contribution is 2.11. The average Bonchev–Trinajstić information content (AvgIpc) is 3.11. The second kappa shape index (κ2) is 8.43. The van der Waals surface area contributed by atoms with Gasteiger partial charge in [-0.25, -0.2) is 9.37 Å². The average molecular weight is 459 g/mol. The van der Waals surface area contributed by atoms with E-state index < -0.39 is 0 Å². The van der Waals surface area contributed by atoms with Gasteiger partial charge in [0.2, 0.25) is 0 Å². The van der Waals surface area contributed by atoms with Crippen LogP contribution in [0.2, 0.25) is 0 Å². The summed E-state index contributed by atoms with van der Waals surface area (Å²) in [7, 11) is 3.69. The van der Waals surface area contributed by atoms with Gasteiger partial charge in [-0.15, -0.1) is 35.3 Å². The van der Waals surface area contributed by atoms with Gasteiger partial charge in [-0.2, -0.15) is 0 Å². The molecule has 0 aliphatic heterocycles. The van der Waals surface area contributed by atoms with Crippen LogP contribution in [-0.2, 0) is 13.1 Å². The number of aliphatic imine (C=N–C) groups is 1. The van der Waals surface area contributed by atoms with Gasteiger partial charge in [0.05, 0.1) is 12.2 Å². The first-order valence-corrected chi connectivity index (χ1v) is 8.11. The minimum Gasteiger partial charge on any atom is -0.351 e. The van der Waals surface area contributed by atoms with Crippen LogP contribution in [0.15, 0.2) is 47.0 Å². The van der Waals surface area contributed by atoms with Gasteiger partial charge in [0.25, 0.3) is 0 Å². The van der Waals surface area contributed by atoms with Gasteiger partial charge < -0.3 is 10.2 Å². The third kappa shape index (κ3) is 4.44. The normalized spacial score (nSPS) is 11.4. The molecule has 2 heterocycles. The molecule has 5 nitrogen and oxygen atoms in total. The lowest BCUT2D eigenvalue weighted by molar-refractivity contribution is 0.475. The van der Waals surface area contributed by atoms with Crippen molar-refractivity contribution in [3.05, 3.63) is 59.1 Å². The Bertz CT molecular complexity index is 783. The molecule has 0 atom stereocenters. The Kier molecular flexibility index (Phi) is 6.55. The fourth-order valence-corrected chi connectivity index (χ4v) is 3.07. The van der Waals surface area contributed by atoms with Gasteiger partial charge in [-0.05, 0) is 17.7 Å². The summed E-state index contributed by atoms with van der Waals surface area (Å²) in [6, 6.07) is 6.50. The highest BCUT2D eigenvalue weighted by molar-refractivity contribution is 14.0. The summed E-state index contributed by atoms with van der Waals surface area (Å²) in [5.74, 6) is 0.546. The van der Waals surface area contributed by atoms with Crippen molar-refractivity contribution in [1.29, 1.82) is 0 Å². The monoisotopic (exact) mass is 459 g/mol. The smallest absolute Gasteiger partial charge is 0.194 e. The molecule has 3 rings (SSSR count). The number of aromatic nitrogens is 2. The van der Waals surface area contributed by atoms with Crippen molar-refractivity contribution in [2.75, 3.05) is 14.1 Å². The predicted molar refractivity (Wildman–Crippen MR) is 107 cm³/mol. The molecular formula is C16H19FIN5S. The highest BCUT2D eigenvalue weighted by Gasteiger charge is 2.08. The first kappa shape index (κ1) is 18.7. The van der Waals surface area contributed by atoms with Gasteiger partial charge in [-0.1, -0.05) is 12.1 Å². The quantitative estimate of drug-likeness (QED) is 0.370. The van der Waals surface area contributed by atoms with Crippen molar-refractivity contribution in [2.45, 2.75) is 13.1 Å². The van der Waals surface area contributed by atoms with Crippen LogP contribution in [0.25, 0.3) is 4.96 Å². The maximum Gasteiger partial charge on any atom is 0.194 e. The van der Waals surface area contributed by atoms with Crippen LogP contribution in [0.5, 0.6) is 0 Å². The molecule has 0 fully saturated rings. The first-order valence-electron chi connectivity index (χ1n) is 7.23. The van der Waals surface area contributed by atoms with E-state index in [1.807, 2.05) is 34.1 Å². The Labute approximate surface area is 161 Å². The zero-order valence-electron chi connectivity index (χ0n) is 13.4. The van der Waals surface area contributed by atoms with Crippen molar-refractivity contribution >= 4 is 46.2 Å². The van der Waals surface area contributed by atoms with E-state index in [2.05, 4.69) is 15.3 Å². The number of nitrogens with zero attached hydrogens (tertiary/aromatic N) is 4. The molecule has 0 aliphatic rings. The van der Waals surface area contributed by atoms with Crippen LogP contribution < -0.4 is 5.32 Å². The number of nitrogens with one attached hydrogen (secondary N) is 1. The first-order chi connectivity index (χ1) is 11.2. The molecule has 2 aromatic heterocycles. The maximum atomic E-state index is 13.0. The van der Waals surface area contributed by atoms with Gasteiger partial charge >= 0.3 is 0 Å². The van der Waals surface area contributed by atoms with Crippen LogP contribution in [0.1, 0.15) is 11.3 Å². The van der Waals surface area contributed by atoms with E-state index in [-0.39, 0.29) is 29.8 Å². The van der Waals surface area contributed by atoms with E-state index in [0.29, 0.717) is 13.1 Å². The minimum atomic E-state index is -0.223. The van der Waals surface area contributed by atoms with Crippen molar-refractivity contribution in [3.8, 4) is 0 Å². The lowest BCUT2D eigenvalue weighted by Gasteiger charge is -2.21. The topological polar surface area (TPSA) is 44.9 Å². The molecule has 8 heteroatoms. The number of rotatable bonds is 4. The van der Waals surface area contributed by atoms with Crippen LogP contribution in [0, 0.1) is 5.82 Å². The summed E-state index contributed by atoms with van der Waals surface area (Å²) < 4.78 is 15.0. The third-order valence-electron chi connectivity index (χ3n) is 3.48. The summed E-state index contributed by atoms with van der Waals surface area (Å²) in [6.07, 6.45) is 4.00. The molecule has 0 saturated heterocycles. The van der Waals surface area contributed by atoms with Gasteiger partial charge in [0.1, 0.15) is 5.82 Å². The van der Waals surface area contributed by atoms with E-state index in [4.69, 9.17) is 0 Å². The van der Waals surface area contributed by atoms with E-state index in [1.165, 1.54) is 12.1 Å². The molecule has 0 unspecified atom stereocenters. The fraction of sp³-hybridized carbons (Fsp3) is 0.250. The van der Waals surface area contributed by atoms with Crippen LogP contribution in [0.4, 0.5) is 4.39 Å². The molecule has 1 aromatic carbocycles. The molecule has 0 saturated carbocycles. The molecule has 1 N–H and O–H groups in total. The molecule has 128 valence electrons. The number of imidazole rings is 1. The number of benzene rings is 1. The Balaban J connectivity index is 0.00000208. The lowest BCUT2D eigenvalue weighted by atomic mass is 10.2. The van der Waals surface area contributed by atoms with E-state index in [0.717, 1.165) is 22.2 Å². The van der Waals surface area contributed by atoms with Crippen LogP contribution in [-0.4, -0.2) is 34.3 Å². The fourth-order valence-electron chi connectivity index (χ4n) is 2.35. The van der Waals surface area contributed by atoms with Crippen molar-refractivity contribution in [2.24, 2.45) is 4.99 Å². The molecule has 0 aliphatic carbocycles. The second-order valence-corrected chi connectivity index (χ2v) is 6.08. The van der Waals surface area contributed by atoms with Gasteiger partial charge in [-0.3, -0.25) is 9.39 Å². The maximum absolute atomic E-state index is 13.0. The third-order valence-corrected chi connectivity index (χ3v) is 4.25. The predicted octanol–water partition coefficient (Wildman–Crippen LogP) is 3.36. The SMILES string of the molecule is CN=C(NCc1cn2ccsc2n1)N(C)Cc1ccc(F)cc1.I. The number of hydrogen-bond donors (Lipinski definition) is 1. The van der Waals surface area contributed by atoms with Crippen LogP contribution >= 0.6 is 35.3 Å². The summed E-state index contributed by atoms with van der Waals surface area (Å²) in [5, 5.41) is 5.31. The summed E-state index contributed by atoms with van der Waals surface area (Å²) in [6.45, 7) is 1.26. The Morgan fingerprint density at radius 1 is 1.38 bits per heavy atom. The molecule has 24 heavy (non-hydrogen) atoms. The summed E-state index contributed by atoms with van der Waals surface area (Å²) >= 11 is 1.61. The molecule has 0 spiro atoms. The number of thiazole rings is 1. The summed E-state index contributed by atoms with van der Waals surface area (Å²) in [4.78, 5) is 11.8.